The van der Waals surface area contributed by atoms with Gasteiger partial charge in [-0.3, -0.25) is 4.57 Å². The molecule has 4 aromatic rings. The lowest BCUT2D eigenvalue weighted by atomic mass is 10.2. The molecule has 6 nitrogen and oxygen atoms in total. The minimum Gasteiger partial charge on any atom is -0.461 e. The van der Waals surface area contributed by atoms with Crippen LogP contribution in [-0.2, 0) is 0 Å². The zero-order valence-electron chi connectivity index (χ0n) is 11.3. The van der Waals surface area contributed by atoms with E-state index in [0.29, 0.717) is 10.8 Å². The Morgan fingerprint density at radius 3 is 2.86 bits per heavy atom. The van der Waals surface area contributed by atoms with Gasteiger partial charge in [-0.05, 0) is 30.3 Å². The second kappa shape index (κ2) is 5.16. The predicted octanol–water partition coefficient (Wildman–Crippen LogP) is 3.37. The van der Waals surface area contributed by atoms with Crippen molar-refractivity contribution in [2.24, 2.45) is 0 Å². The van der Waals surface area contributed by atoms with Crippen molar-refractivity contribution in [3.63, 3.8) is 0 Å². The van der Waals surface area contributed by atoms with Crippen LogP contribution in [0.2, 0.25) is 5.02 Å². The molecule has 0 aliphatic heterocycles. The first-order valence-electron chi connectivity index (χ1n) is 6.55. The molecule has 1 aromatic carbocycles. The van der Waals surface area contributed by atoms with Crippen molar-refractivity contribution in [1.82, 2.24) is 24.3 Å². The van der Waals surface area contributed by atoms with Crippen molar-refractivity contribution in [3.8, 4) is 23.0 Å². The van der Waals surface area contributed by atoms with Gasteiger partial charge in [-0.25, -0.2) is 14.6 Å². The second-order valence-corrected chi connectivity index (χ2v) is 4.98. The maximum Gasteiger partial charge on any atom is 0.180 e. The van der Waals surface area contributed by atoms with E-state index in [9.17, 15) is 0 Å². The average molecular weight is 312 g/mol. The molecular formula is C15H10ClN5O. The fourth-order valence-corrected chi connectivity index (χ4v) is 2.53. The third kappa shape index (κ3) is 2.10. The van der Waals surface area contributed by atoms with Gasteiger partial charge in [0.15, 0.2) is 11.6 Å². The Hall–Kier alpha value is -2.86. The van der Waals surface area contributed by atoms with E-state index in [1.807, 2.05) is 41.1 Å². The van der Waals surface area contributed by atoms with Crippen LogP contribution in [0.15, 0.2) is 66.1 Å². The highest BCUT2D eigenvalue weighted by Gasteiger charge is 2.12. The molecule has 3 heterocycles. The molecule has 0 bridgehead atoms. The minimum absolute atomic E-state index is 0.571. The zero-order chi connectivity index (χ0) is 14.9. The van der Waals surface area contributed by atoms with Crippen LogP contribution in [0.25, 0.3) is 23.0 Å². The summed E-state index contributed by atoms with van der Waals surface area (Å²) in [7, 11) is 0. The summed E-state index contributed by atoms with van der Waals surface area (Å²) in [5, 5.41) is 4.66. The Balaban J connectivity index is 1.79. The van der Waals surface area contributed by atoms with E-state index in [0.717, 1.165) is 17.2 Å². The molecule has 0 fully saturated rings. The van der Waals surface area contributed by atoms with Crippen LogP contribution in [0.3, 0.4) is 0 Å². The molecule has 0 saturated carbocycles. The highest BCUT2D eigenvalue weighted by Crippen LogP contribution is 2.26. The van der Waals surface area contributed by atoms with Gasteiger partial charge in [-0.2, -0.15) is 5.10 Å². The summed E-state index contributed by atoms with van der Waals surface area (Å²) in [6.07, 6.45) is 8.27. The van der Waals surface area contributed by atoms with Crippen molar-refractivity contribution < 1.29 is 4.42 Å². The van der Waals surface area contributed by atoms with Gasteiger partial charge < -0.3 is 4.42 Å². The number of furan rings is 1. The number of imidazole rings is 1. The van der Waals surface area contributed by atoms with Gasteiger partial charge in [0.05, 0.1) is 17.0 Å². The Morgan fingerprint density at radius 2 is 2.14 bits per heavy atom. The quantitative estimate of drug-likeness (QED) is 0.582. The lowest BCUT2D eigenvalue weighted by molar-refractivity contribution is 0.576. The van der Waals surface area contributed by atoms with Gasteiger partial charge in [0.1, 0.15) is 12.7 Å². The molecule has 0 radical (unpaired) electrons. The van der Waals surface area contributed by atoms with Gasteiger partial charge in [0.2, 0.25) is 0 Å². The third-order valence-electron chi connectivity index (χ3n) is 3.26. The first-order chi connectivity index (χ1) is 10.8. The summed E-state index contributed by atoms with van der Waals surface area (Å²) in [5.41, 5.74) is 1.65. The Labute approximate surface area is 130 Å². The third-order valence-corrected chi connectivity index (χ3v) is 3.56. The van der Waals surface area contributed by atoms with Crippen molar-refractivity contribution in [1.29, 1.82) is 0 Å². The zero-order valence-corrected chi connectivity index (χ0v) is 12.1. The lowest BCUT2D eigenvalue weighted by Crippen LogP contribution is -1.99. The van der Waals surface area contributed by atoms with E-state index in [4.69, 9.17) is 16.0 Å². The summed E-state index contributed by atoms with van der Waals surface area (Å²) >= 11 is 6.37. The van der Waals surface area contributed by atoms with E-state index in [1.165, 1.54) is 6.33 Å². The molecule has 0 unspecified atom stereocenters. The van der Waals surface area contributed by atoms with Crippen LogP contribution in [0.5, 0.6) is 0 Å². The maximum atomic E-state index is 6.37. The SMILES string of the molecule is Clc1cc(-n2ccnc2-c2ccco2)ccc1-n1cncn1. The van der Waals surface area contributed by atoms with Crippen molar-refractivity contribution in [2.45, 2.75) is 0 Å². The van der Waals surface area contributed by atoms with E-state index < -0.39 is 0 Å². The number of halogens is 1. The van der Waals surface area contributed by atoms with E-state index in [-0.39, 0.29) is 0 Å². The molecule has 0 atom stereocenters. The van der Waals surface area contributed by atoms with Crippen LogP contribution in [0, 0.1) is 0 Å². The average Bonchev–Trinajstić information content (AvgIpc) is 3.27. The summed E-state index contributed by atoms with van der Waals surface area (Å²) in [4.78, 5) is 8.26. The molecule has 22 heavy (non-hydrogen) atoms. The Kier molecular flexibility index (Phi) is 3.01. The standard InChI is InChI=1S/C15H10ClN5O/c16-12-8-11(3-4-13(12)21-10-17-9-19-21)20-6-5-18-15(20)14-2-1-7-22-14/h1-10H. The molecule has 4 rings (SSSR count). The molecular weight excluding hydrogens is 302 g/mol. The van der Waals surface area contributed by atoms with Gasteiger partial charge in [-0.15, -0.1) is 0 Å². The largest absolute Gasteiger partial charge is 0.461 e. The first kappa shape index (κ1) is 12.8. The summed E-state index contributed by atoms with van der Waals surface area (Å²) < 4.78 is 8.95. The number of nitrogens with zero attached hydrogens (tertiary/aromatic N) is 5. The highest BCUT2D eigenvalue weighted by molar-refractivity contribution is 6.32. The summed E-state index contributed by atoms with van der Waals surface area (Å²) in [6.45, 7) is 0. The van der Waals surface area contributed by atoms with Crippen molar-refractivity contribution in [3.05, 3.63) is 66.7 Å². The number of hydrogen-bond acceptors (Lipinski definition) is 4. The van der Waals surface area contributed by atoms with Crippen molar-refractivity contribution >= 4 is 11.6 Å². The van der Waals surface area contributed by atoms with Crippen LogP contribution in [-0.4, -0.2) is 24.3 Å². The highest BCUT2D eigenvalue weighted by atomic mass is 35.5. The molecule has 0 saturated heterocycles. The van der Waals surface area contributed by atoms with E-state index >= 15 is 0 Å². The Morgan fingerprint density at radius 1 is 1.18 bits per heavy atom. The van der Waals surface area contributed by atoms with Crippen LogP contribution in [0.4, 0.5) is 0 Å². The van der Waals surface area contributed by atoms with Crippen molar-refractivity contribution in [2.75, 3.05) is 0 Å². The van der Waals surface area contributed by atoms with E-state index in [1.54, 1.807) is 23.5 Å². The lowest BCUT2D eigenvalue weighted by Gasteiger charge is -2.09. The second-order valence-electron chi connectivity index (χ2n) is 4.57. The first-order valence-corrected chi connectivity index (χ1v) is 6.93. The Bertz CT molecular complexity index is 896. The van der Waals surface area contributed by atoms with Crippen LogP contribution >= 0.6 is 11.6 Å². The van der Waals surface area contributed by atoms with Gasteiger partial charge in [0, 0.05) is 18.1 Å². The molecule has 0 aliphatic carbocycles. The molecule has 0 spiro atoms. The topological polar surface area (TPSA) is 61.7 Å². The maximum absolute atomic E-state index is 6.37. The number of hydrogen-bond donors (Lipinski definition) is 0. The number of aromatic nitrogens is 5. The molecule has 0 N–H and O–H groups in total. The van der Waals surface area contributed by atoms with E-state index in [2.05, 4.69) is 15.1 Å². The molecule has 108 valence electrons. The molecule has 7 heteroatoms. The van der Waals surface area contributed by atoms with Gasteiger partial charge >= 0.3 is 0 Å². The van der Waals surface area contributed by atoms with Gasteiger partial charge in [0.25, 0.3) is 0 Å². The number of rotatable bonds is 3. The normalized spacial score (nSPS) is 11.0. The fraction of sp³-hybridized carbons (Fsp3) is 0. The molecule has 0 amide bonds. The fourth-order valence-electron chi connectivity index (χ4n) is 2.26. The predicted molar refractivity (Wildman–Crippen MR) is 81.2 cm³/mol. The summed E-state index contributed by atoms with van der Waals surface area (Å²) in [5.74, 6) is 1.41. The molecule has 3 aromatic heterocycles. The van der Waals surface area contributed by atoms with Crippen LogP contribution < -0.4 is 0 Å². The molecule has 0 aliphatic rings. The minimum atomic E-state index is 0.571. The number of benzene rings is 1. The monoisotopic (exact) mass is 311 g/mol. The van der Waals surface area contributed by atoms with Gasteiger partial charge in [-0.1, -0.05) is 11.6 Å². The smallest absolute Gasteiger partial charge is 0.180 e. The van der Waals surface area contributed by atoms with Crippen LogP contribution in [0.1, 0.15) is 0 Å². The summed E-state index contributed by atoms with van der Waals surface area (Å²) in [6, 6.07) is 9.38.